The average molecular weight is 266 g/mol. The van der Waals surface area contributed by atoms with Crippen LogP contribution in [0.3, 0.4) is 0 Å². The molecule has 0 aromatic heterocycles. The Labute approximate surface area is 118 Å². The van der Waals surface area contributed by atoms with Crippen molar-refractivity contribution in [3.05, 3.63) is 0 Å². The largest absolute Gasteiger partial charge is 0.381 e. The molecular weight excluding hydrogens is 236 g/mol. The molecule has 3 fully saturated rings. The first-order chi connectivity index (χ1) is 9.42. The highest BCUT2D eigenvalue weighted by Gasteiger charge is 2.30. The van der Waals surface area contributed by atoms with Crippen molar-refractivity contribution in [1.29, 1.82) is 0 Å². The monoisotopic (exact) mass is 266 g/mol. The molecule has 3 unspecified atom stereocenters. The Bertz CT molecular complexity index is 265. The van der Waals surface area contributed by atoms with Gasteiger partial charge in [0.15, 0.2) is 0 Å². The maximum atomic E-state index is 5.41. The van der Waals surface area contributed by atoms with Crippen LogP contribution < -0.4 is 5.32 Å². The Hall–Kier alpha value is -0.120. The Morgan fingerprint density at radius 3 is 2.79 bits per heavy atom. The Morgan fingerprint density at radius 1 is 1.05 bits per heavy atom. The van der Waals surface area contributed by atoms with E-state index in [4.69, 9.17) is 4.74 Å². The molecule has 0 amide bonds. The Morgan fingerprint density at radius 2 is 1.95 bits per heavy atom. The van der Waals surface area contributed by atoms with E-state index in [1.165, 1.54) is 58.2 Å². The van der Waals surface area contributed by atoms with Gasteiger partial charge in [-0.25, -0.2) is 0 Å². The van der Waals surface area contributed by atoms with Crippen molar-refractivity contribution in [2.45, 2.75) is 38.5 Å². The summed E-state index contributed by atoms with van der Waals surface area (Å²) in [7, 11) is 0. The molecule has 0 aromatic carbocycles. The van der Waals surface area contributed by atoms with Crippen LogP contribution in [0.4, 0.5) is 0 Å². The molecule has 19 heavy (non-hydrogen) atoms. The first-order valence-corrected chi connectivity index (χ1v) is 8.42. The minimum Gasteiger partial charge on any atom is -0.381 e. The van der Waals surface area contributed by atoms with Crippen LogP contribution in [0.5, 0.6) is 0 Å². The minimum atomic E-state index is 0.768. The molecule has 3 rings (SSSR count). The zero-order valence-electron chi connectivity index (χ0n) is 12.3. The highest BCUT2D eigenvalue weighted by molar-refractivity contribution is 4.83. The van der Waals surface area contributed by atoms with Gasteiger partial charge < -0.3 is 15.0 Å². The van der Waals surface area contributed by atoms with Crippen molar-refractivity contribution in [2.24, 2.45) is 17.8 Å². The van der Waals surface area contributed by atoms with Crippen molar-refractivity contribution < 1.29 is 4.74 Å². The average Bonchev–Trinajstić information content (AvgIpc) is 2.97. The number of hydrogen-bond acceptors (Lipinski definition) is 3. The molecule has 0 bridgehead atoms. The van der Waals surface area contributed by atoms with E-state index in [0.717, 1.165) is 44.1 Å². The lowest BCUT2D eigenvalue weighted by molar-refractivity contribution is 0.0873. The summed E-state index contributed by atoms with van der Waals surface area (Å²) < 4.78 is 5.41. The van der Waals surface area contributed by atoms with E-state index >= 15 is 0 Å². The Balaban J connectivity index is 1.30. The van der Waals surface area contributed by atoms with E-state index in [-0.39, 0.29) is 0 Å². The number of nitrogens with one attached hydrogen (secondary N) is 1. The lowest BCUT2D eigenvalue weighted by Gasteiger charge is -2.41. The molecule has 2 aliphatic heterocycles. The second-order valence-corrected chi connectivity index (χ2v) is 6.83. The molecule has 0 spiro atoms. The summed E-state index contributed by atoms with van der Waals surface area (Å²) in [5, 5.41) is 3.62. The third-order valence-corrected chi connectivity index (χ3v) is 5.44. The number of rotatable bonds is 5. The number of nitrogens with zero attached hydrogens (tertiary/aromatic N) is 1. The van der Waals surface area contributed by atoms with Crippen LogP contribution in [0.2, 0.25) is 0 Å². The van der Waals surface area contributed by atoms with Gasteiger partial charge in [0.05, 0.1) is 6.61 Å². The molecule has 3 atom stereocenters. The summed E-state index contributed by atoms with van der Waals surface area (Å²) >= 11 is 0. The predicted octanol–water partition coefficient (Wildman–Crippen LogP) is 2.12. The van der Waals surface area contributed by atoms with E-state index in [0.29, 0.717) is 0 Å². The van der Waals surface area contributed by atoms with Crippen molar-refractivity contribution in [1.82, 2.24) is 10.2 Å². The van der Waals surface area contributed by atoms with E-state index in [1.807, 2.05) is 0 Å². The van der Waals surface area contributed by atoms with Gasteiger partial charge in [-0.1, -0.05) is 19.3 Å². The number of hydrogen-bond donors (Lipinski definition) is 1. The molecule has 0 aromatic rings. The van der Waals surface area contributed by atoms with Gasteiger partial charge in [0.25, 0.3) is 0 Å². The van der Waals surface area contributed by atoms with Crippen LogP contribution in [-0.4, -0.2) is 50.8 Å². The fourth-order valence-corrected chi connectivity index (χ4v) is 4.17. The molecule has 3 aliphatic rings. The van der Waals surface area contributed by atoms with Crippen molar-refractivity contribution >= 4 is 0 Å². The van der Waals surface area contributed by atoms with Crippen molar-refractivity contribution in [3.8, 4) is 0 Å². The van der Waals surface area contributed by atoms with Gasteiger partial charge in [-0.2, -0.15) is 0 Å². The quantitative estimate of drug-likeness (QED) is 0.772. The zero-order valence-corrected chi connectivity index (χ0v) is 12.3. The molecule has 2 heterocycles. The normalized spacial score (nSPS) is 36.3. The van der Waals surface area contributed by atoms with E-state index < -0.39 is 0 Å². The fourth-order valence-electron chi connectivity index (χ4n) is 4.17. The fraction of sp³-hybridized carbons (Fsp3) is 1.00. The summed E-state index contributed by atoms with van der Waals surface area (Å²) in [5.41, 5.74) is 0. The van der Waals surface area contributed by atoms with Gasteiger partial charge in [-0.3, -0.25) is 0 Å². The summed E-state index contributed by atoms with van der Waals surface area (Å²) in [4.78, 5) is 2.70. The number of fused-ring (bicyclic) bond motifs is 1. The van der Waals surface area contributed by atoms with Crippen molar-refractivity contribution in [2.75, 3.05) is 45.9 Å². The summed E-state index contributed by atoms with van der Waals surface area (Å²) in [6, 6.07) is 0. The SMILES string of the molecule is C1CCC2CN(CCNCC3CCOC3)CCC2C1. The molecule has 1 saturated carbocycles. The summed E-state index contributed by atoms with van der Waals surface area (Å²) in [5.74, 6) is 2.85. The van der Waals surface area contributed by atoms with Crippen LogP contribution in [0.25, 0.3) is 0 Å². The molecular formula is C16H30N2O. The minimum absolute atomic E-state index is 0.768. The molecule has 110 valence electrons. The first-order valence-electron chi connectivity index (χ1n) is 8.42. The lowest BCUT2D eigenvalue weighted by atomic mass is 9.75. The van der Waals surface area contributed by atoms with Gasteiger partial charge in [-0.05, 0) is 43.6 Å². The number of ether oxygens (including phenoxy) is 1. The first kappa shape index (κ1) is 13.8. The Kier molecular flexibility index (Phi) is 5.14. The van der Waals surface area contributed by atoms with Gasteiger partial charge >= 0.3 is 0 Å². The smallest absolute Gasteiger partial charge is 0.0507 e. The van der Waals surface area contributed by atoms with Crippen molar-refractivity contribution in [3.63, 3.8) is 0 Å². The highest BCUT2D eigenvalue weighted by atomic mass is 16.5. The van der Waals surface area contributed by atoms with Crippen LogP contribution in [0, 0.1) is 17.8 Å². The molecule has 1 aliphatic carbocycles. The van der Waals surface area contributed by atoms with Gasteiger partial charge in [0.1, 0.15) is 0 Å². The third kappa shape index (κ3) is 3.93. The van der Waals surface area contributed by atoms with Crippen LogP contribution in [0.1, 0.15) is 38.5 Å². The van der Waals surface area contributed by atoms with Gasteiger partial charge in [0.2, 0.25) is 0 Å². The van der Waals surface area contributed by atoms with Crippen LogP contribution in [0.15, 0.2) is 0 Å². The second-order valence-electron chi connectivity index (χ2n) is 6.83. The number of likely N-dealkylation sites (tertiary alicyclic amines) is 1. The van der Waals surface area contributed by atoms with Crippen LogP contribution >= 0.6 is 0 Å². The standard InChI is InChI=1S/C16H30N2O/c1-2-4-16-12-18(8-5-15(16)3-1)9-7-17-11-14-6-10-19-13-14/h14-17H,1-13H2. The van der Waals surface area contributed by atoms with E-state index in [1.54, 1.807) is 0 Å². The zero-order chi connectivity index (χ0) is 12.9. The van der Waals surface area contributed by atoms with Gasteiger partial charge in [0, 0.05) is 32.8 Å². The van der Waals surface area contributed by atoms with Crippen LogP contribution in [-0.2, 0) is 4.74 Å². The molecule has 1 N–H and O–H groups in total. The molecule has 2 saturated heterocycles. The maximum absolute atomic E-state index is 5.41. The maximum Gasteiger partial charge on any atom is 0.0507 e. The predicted molar refractivity (Wildman–Crippen MR) is 78.3 cm³/mol. The van der Waals surface area contributed by atoms with E-state index in [9.17, 15) is 0 Å². The number of piperidine rings is 1. The molecule has 0 radical (unpaired) electrons. The van der Waals surface area contributed by atoms with E-state index in [2.05, 4.69) is 10.2 Å². The highest BCUT2D eigenvalue weighted by Crippen LogP contribution is 2.35. The molecule has 3 nitrogen and oxygen atoms in total. The lowest BCUT2D eigenvalue weighted by Crippen LogP contribution is -2.44. The third-order valence-electron chi connectivity index (χ3n) is 5.44. The summed E-state index contributed by atoms with van der Waals surface area (Å²) in [6.45, 7) is 8.22. The molecule has 3 heteroatoms. The topological polar surface area (TPSA) is 24.5 Å². The second kappa shape index (κ2) is 7.05. The summed E-state index contributed by atoms with van der Waals surface area (Å²) in [6.07, 6.45) is 8.69. The van der Waals surface area contributed by atoms with Gasteiger partial charge in [-0.15, -0.1) is 0 Å².